The molecule has 0 atom stereocenters. The quantitative estimate of drug-likeness (QED) is 0.447. The molecular formula is C13H12ClN3O2. The summed E-state index contributed by atoms with van der Waals surface area (Å²) in [4.78, 5) is 16.1. The van der Waals surface area contributed by atoms with Gasteiger partial charge in [-0.25, -0.2) is 4.98 Å². The number of aromatic hydroxyl groups is 1. The van der Waals surface area contributed by atoms with Gasteiger partial charge in [-0.15, -0.1) is 0 Å². The maximum Gasteiger partial charge on any atom is 0.257 e. The van der Waals surface area contributed by atoms with E-state index in [1.54, 1.807) is 19.1 Å². The van der Waals surface area contributed by atoms with Crippen LogP contribution in [0.25, 0.3) is 0 Å². The Kier molecular flexibility index (Phi) is 3.57. The van der Waals surface area contributed by atoms with E-state index < -0.39 is 5.91 Å². The lowest BCUT2D eigenvalue weighted by atomic mass is 10.1. The van der Waals surface area contributed by atoms with Crippen molar-refractivity contribution in [2.75, 3.05) is 11.1 Å². The molecule has 0 radical (unpaired) electrons. The highest BCUT2D eigenvalue weighted by molar-refractivity contribution is 6.29. The summed E-state index contributed by atoms with van der Waals surface area (Å²) in [5.74, 6) is -0.439. The minimum absolute atomic E-state index is 0.0229. The number of carbonyl (C=O) groups excluding carboxylic acids is 1. The minimum atomic E-state index is -0.416. The van der Waals surface area contributed by atoms with Crippen LogP contribution in [0.4, 0.5) is 11.4 Å². The molecule has 0 saturated heterocycles. The van der Waals surface area contributed by atoms with Gasteiger partial charge < -0.3 is 16.2 Å². The summed E-state index contributed by atoms with van der Waals surface area (Å²) >= 11 is 5.74. The first kappa shape index (κ1) is 13.2. The van der Waals surface area contributed by atoms with Gasteiger partial charge in [-0.3, -0.25) is 4.79 Å². The number of halogens is 1. The highest BCUT2D eigenvalue weighted by atomic mass is 35.5. The van der Waals surface area contributed by atoms with Crippen molar-refractivity contribution in [1.29, 1.82) is 0 Å². The largest absolute Gasteiger partial charge is 0.508 e. The lowest BCUT2D eigenvalue weighted by molar-refractivity contribution is 0.102. The Bertz CT molecular complexity index is 644. The van der Waals surface area contributed by atoms with Crippen molar-refractivity contribution < 1.29 is 9.90 Å². The van der Waals surface area contributed by atoms with Gasteiger partial charge in [0.05, 0.1) is 16.9 Å². The molecule has 5 nitrogen and oxygen atoms in total. The zero-order valence-electron chi connectivity index (χ0n) is 10.1. The van der Waals surface area contributed by atoms with Crippen molar-refractivity contribution in [3.8, 4) is 5.75 Å². The Labute approximate surface area is 115 Å². The number of hydrogen-bond donors (Lipinski definition) is 3. The normalized spacial score (nSPS) is 10.2. The molecule has 1 aromatic carbocycles. The first-order valence-corrected chi connectivity index (χ1v) is 5.88. The average Bonchev–Trinajstić information content (AvgIpc) is 2.35. The zero-order chi connectivity index (χ0) is 14.0. The molecular weight excluding hydrogens is 266 g/mol. The van der Waals surface area contributed by atoms with E-state index in [2.05, 4.69) is 10.3 Å². The molecule has 1 heterocycles. The number of rotatable bonds is 2. The Hall–Kier alpha value is -2.27. The summed E-state index contributed by atoms with van der Waals surface area (Å²) in [5, 5.41) is 12.4. The van der Waals surface area contributed by atoms with Crippen LogP contribution in [0.5, 0.6) is 5.75 Å². The number of carbonyl (C=O) groups is 1. The van der Waals surface area contributed by atoms with Crippen LogP contribution in [0.3, 0.4) is 0 Å². The summed E-state index contributed by atoms with van der Waals surface area (Å²) in [6.45, 7) is 1.73. The maximum absolute atomic E-state index is 12.1. The molecule has 0 bridgehead atoms. The molecule has 0 saturated carbocycles. The number of pyridine rings is 1. The van der Waals surface area contributed by atoms with Gasteiger partial charge in [0, 0.05) is 5.69 Å². The lowest BCUT2D eigenvalue weighted by Gasteiger charge is -2.09. The van der Waals surface area contributed by atoms with Crippen molar-refractivity contribution in [3.05, 3.63) is 46.7 Å². The predicted octanol–water partition coefficient (Wildman–Crippen LogP) is 2.58. The van der Waals surface area contributed by atoms with E-state index in [4.69, 9.17) is 17.3 Å². The molecule has 0 fully saturated rings. The molecule has 98 valence electrons. The van der Waals surface area contributed by atoms with Gasteiger partial charge in [0.25, 0.3) is 5.91 Å². The number of anilines is 2. The van der Waals surface area contributed by atoms with Gasteiger partial charge in [-0.05, 0) is 37.3 Å². The fraction of sp³-hybridized carbons (Fsp3) is 0.0769. The number of phenols is 1. The monoisotopic (exact) mass is 277 g/mol. The molecule has 19 heavy (non-hydrogen) atoms. The Balaban J connectivity index is 2.28. The zero-order valence-corrected chi connectivity index (χ0v) is 10.9. The van der Waals surface area contributed by atoms with Crippen LogP contribution in [-0.2, 0) is 0 Å². The van der Waals surface area contributed by atoms with Crippen LogP contribution in [0.1, 0.15) is 16.1 Å². The number of aryl methyl sites for hydroxylation is 1. The van der Waals surface area contributed by atoms with E-state index in [0.29, 0.717) is 16.5 Å². The third kappa shape index (κ3) is 2.95. The van der Waals surface area contributed by atoms with E-state index in [-0.39, 0.29) is 17.0 Å². The first-order chi connectivity index (χ1) is 8.97. The molecule has 0 spiro atoms. The third-order valence-electron chi connectivity index (χ3n) is 2.58. The number of nitrogens with one attached hydrogen (secondary N) is 1. The van der Waals surface area contributed by atoms with Crippen LogP contribution in [-0.4, -0.2) is 16.0 Å². The standard InChI is InChI=1S/C13H12ClN3O2/c1-7-11(4-5-12(14)16-7)17-13(19)9-6-8(18)2-3-10(9)15/h2-6,18H,15H2,1H3,(H,17,19). The topological polar surface area (TPSA) is 88.2 Å². The summed E-state index contributed by atoms with van der Waals surface area (Å²) in [7, 11) is 0. The molecule has 2 rings (SSSR count). The third-order valence-corrected chi connectivity index (χ3v) is 2.79. The molecule has 0 aliphatic heterocycles. The molecule has 2 aromatic rings. The number of nitrogens with zero attached hydrogens (tertiary/aromatic N) is 1. The number of hydrogen-bond acceptors (Lipinski definition) is 4. The van der Waals surface area contributed by atoms with Crippen LogP contribution < -0.4 is 11.1 Å². The number of nitrogens with two attached hydrogens (primary N) is 1. The highest BCUT2D eigenvalue weighted by Gasteiger charge is 2.12. The van der Waals surface area contributed by atoms with Gasteiger partial charge >= 0.3 is 0 Å². The summed E-state index contributed by atoms with van der Waals surface area (Å²) in [5.41, 5.74) is 7.32. The van der Waals surface area contributed by atoms with Crippen LogP contribution in [0.2, 0.25) is 5.15 Å². The van der Waals surface area contributed by atoms with Crippen molar-refractivity contribution in [2.24, 2.45) is 0 Å². The SMILES string of the molecule is Cc1nc(Cl)ccc1NC(=O)c1cc(O)ccc1N. The van der Waals surface area contributed by atoms with Crippen molar-refractivity contribution in [3.63, 3.8) is 0 Å². The molecule has 1 amide bonds. The second kappa shape index (κ2) is 5.16. The molecule has 0 aliphatic rings. The van der Waals surface area contributed by atoms with Gasteiger partial charge in [-0.2, -0.15) is 0 Å². The molecule has 0 unspecified atom stereocenters. The van der Waals surface area contributed by atoms with Crippen LogP contribution in [0.15, 0.2) is 30.3 Å². The fourth-order valence-corrected chi connectivity index (χ4v) is 1.78. The fourth-order valence-electron chi connectivity index (χ4n) is 1.59. The summed E-state index contributed by atoms with van der Waals surface area (Å²) in [6.07, 6.45) is 0. The van der Waals surface area contributed by atoms with Gasteiger partial charge in [0.15, 0.2) is 0 Å². The second-order valence-corrected chi connectivity index (χ2v) is 4.38. The number of nitrogen functional groups attached to an aromatic ring is 1. The van der Waals surface area contributed by atoms with E-state index in [9.17, 15) is 9.90 Å². The molecule has 1 aromatic heterocycles. The number of aromatic nitrogens is 1. The molecule has 6 heteroatoms. The van der Waals surface area contributed by atoms with Crippen LogP contribution in [0, 0.1) is 6.92 Å². The van der Waals surface area contributed by atoms with Gasteiger partial charge in [0.2, 0.25) is 0 Å². The summed E-state index contributed by atoms with van der Waals surface area (Å²) < 4.78 is 0. The second-order valence-electron chi connectivity index (χ2n) is 3.99. The maximum atomic E-state index is 12.1. The first-order valence-electron chi connectivity index (χ1n) is 5.50. The van der Waals surface area contributed by atoms with Gasteiger partial charge in [0.1, 0.15) is 10.9 Å². The van der Waals surface area contributed by atoms with E-state index in [1.807, 2.05) is 0 Å². The van der Waals surface area contributed by atoms with E-state index in [0.717, 1.165) is 0 Å². The smallest absolute Gasteiger partial charge is 0.257 e. The Morgan fingerprint density at radius 3 is 2.79 bits per heavy atom. The number of phenolic OH excluding ortho intramolecular Hbond substituents is 1. The lowest BCUT2D eigenvalue weighted by Crippen LogP contribution is -2.15. The summed E-state index contributed by atoms with van der Waals surface area (Å²) in [6, 6.07) is 7.43. The minimum Gasteiger partial charge on any atom is -0.508 e. The average molecular weight is 278 g/mol. The number of amides is 1. The predicted molar refractivity (Wildman–Crippen MR) is 74.5 cm³/mol. The van der Waals surface area contributed by atoms with Gasteiger partial charge in [-0.1, -0.05) is 11.6 Å². The highest BCUT2D eigenvalue weighted by Crippen LogP contribution is 2.21. The Morgan fingerprint density at radius 2 is 2.11 bits per heavy atom. The Morgan fingerprint density at radius 1 is 1.37 bits per heavy atom. The van der Waals surface area contributed by atoms with Crippen LogP contribution >= 0.6 is 11.6 Å². The van der Waals surface area contributed by atoms with Crippen molar-refractivity contribution >= 4 is 28.9 Å². The molecule has 4 N–H and O–H groups in total. The van der Waals surface area contributed by atoms with Crippen molar-refractivity contribution in [1.82, 2.24) is 4.98 Å². The van der Waals surface area contributed by atoms with Crippen molar-refractivity contribution in [2.45, 2.75) is 6.92 Å². The molecule has 0 aliphatic carbocycles. The number of benzene rings is 1. The van der Waals surface area contributed by atoms with E-state index >= 15 is 0 Å². The van der Waals surface area contributed by atoms with E-state index in [1.165, 1.54) is 18.2 Å².